The van der Waals surface area contributed by atoms with Gasteiger partial charge in [0.1, 0.15) is 6.04 Å². The van der Waals surface area contributed by atoms with E-state index in [1.807, 2.05) is 42.5 Å². The summed E-state index contributed by atoms with van der Waals surface area (Å²) in [6.07, 6.45) is 4.84. The molecule has 7 nitrogen and oxygen atoms in total. The monoisotopic (exact) mass is 428 g/mol. The molecule has 3 aromatic rings. The van der Waals surface area contributed by atoms with Crippen molar-refractivity contribution in [1.82, 2.24) is 20.1 Å². The normalized spacial score (nSPS) is 21.0. The van der Waals surface area contributed by atoms with Gasteiger partial charge in [0, 0.05) is 18.0 Å². The van der Waals surface area contributed by atoms with Crippen LogP contribution in [-0.2, 0) is 11.3 Å². The Labute approximate surface area is 186 Å². The summed E-state index contributed by atoms with van der Waals surface area (Å²) < 4.78 is 0. The van der Waals surface area contributed by atoms with Crippen molar-refractivity contribution < 1.29 is 14.4 Å². The first-order valence-corrected chi connectivity index (χ1v) is 10.9. The lowest BCUT2D eigenvalue weighted by molar-refractivity contribution is -0.137. The summed E-state index contributed by atoms with van der Waals surface area (Å²) in [6, 6.07) is 15.8. The molecule has 2 aliphatic heterocycles. The number of fused-ring (bicyclic) bond motifs is 2. The Kier molecular flexibility index (Phi) is 5.41. The second kappa shape index (κ2) is 8.51. The zero-order valence-electron chi connectivity index (χ0n) is 17.6. The number of amides is 3. The largest absolute Gasteiger partial charge is 0.327 e. The Morgan fingerprint density at radius 3 is 2.72 bits per heavy atom. The Hall–Kier alpha value is -3.58. The highest BCUT2D eigenvalue weighted by atomic mass is 16.2. The first-order chi connectivity index (χ1) is 15.6. The number of nitrogens with one attached hydrogen (secondary N) is 1. The Morgan fingerprint density at radius 2 is 1.91 bits per heavy atom. The van der Waals surface area contributed by atoms with E-state index < -0.39 is 12.1 Å². The molecule has 2 fully saturated rings. The van der Waals surface area contributed by atoms with Gasteiger partial charge in [0.2, 0.25) is 5.91 Å². The van der Waals surface area contributed by atoms with Crippen LogP contribution in [0.2, 0.25) is 0 Å². The highest BCUT2D eigenvalue weighted by molar-refractivity contribution is 6.05. The number of imide groups is 1. The third kappa shape index (κ3) is 3.76. The highest BCUT2D eigenvalue weighted by Crippen LogP contribution is 2.26. The standard InChI is InChI=1S/C25H24N4O3/c30-22(20-10-9-18-6-1-2-7-19(18)13-20)16-28-21-8-4-12-27-23(21)24(31)29(25(28)32)15-17-5-3-11-26-14-17/h1-3,5-7,9-11,13-14,21,23,27H,4,8,12,15-16H2. The fourth-order valence-electron chi connectivity index (χ4n) is 4.63. The molecule has 0 bridgehead atoms. The predicted octanol–water partition coefficient (Wildman–Crippen LogP) is 3.00. The Bertz CT molecular complexity index is 1180. The average Bonchev–Trinajstić information content (AvgIpc) is 2.84. The number of piperidine rings is 1. The molecule has 32 heavy (non-hydrogen) atoms. The van der Waals surface area contributed by atoms with Gasteiger partial charge < -0.3 is 10.2 Å². The van der Waals surface area contributed by atoms with E-state index >= 15 is 0 Å². The van der Waals surface area contributed by atoms with Gasteiger partial charge in [-0.05, 0) is 47.9 Å². The molecule has 1 aromatic heterocycles. The fraction of sp³-hybridized carbons (Fsp3) is 0.280. The van der Waals surface area contributed by atoms with Crippen molar-refractivity contribution in [3.8, 4) is 0 Å². The minimum atomic E-state index is -0.498. The number of Topliss-reactive ketones (excluding diaryl/α,β-unsaturated/α-hetero) is 1. The lowest BCUT2D eigenvalue weighted by atomic mass is 9.92. The van der Waals surface area contributed by atoms with Gasteiger partial charge in [-0.3, -0.25) is 19.5 Å². The second-order valence-corrected chi connectivity index (χ2v) is 8.32. The van der Waals surface area contributed by atoms with E-state index in [-0.39, 0.29) is 30.8 Å². The minimum absolute atomic E-state index is 0.0587. The van der Waals surface area contributed by atoms with E-state index in [0.717, 1.165) is 22.8 Å². The number of carbonyl (C=O) groups is 3. The molecule has 2 aliphatic rings. The Morgan fingerprint density at radius 1 is 1.06 bits per heavy atom. The lowest BCUT2D eigenvalue weighted by Gasteiger charge is -2.46. The number of rotatable bonds is 5. The molecule has 0 spiro atoms. The fourth-order valence-corrected chi connectivity index (χ4v) is 4.63. The molecule has 2 saturated heterocycles. The number of hydrogen-bond acceptors (Lipinski definition) is 5. The maximum atomic E-state index is 13.4. The third-order valence-corrected chi connectivity index (χ3v) is 6.28. The van der Waals surface area contributed by atoms with Crippen molar-refractivity contribution >= 4 is 28.5 Å². The molecular formula is C25H24N4O3. The van der Waals surface area contributed by atoms with E-state index in [2.05, 4.69) is 10.3 Å². The highest BCUT2D eigenvalue weighted by Gasteiger charge is 2.47. The number of carbonyl (C=O) groups excluding carboxylic acids is 3. The van der Waals surface area contributed by atoms with Gasteiger partial charge in [-0.2, -0.15) is 0 Å². The van der Waals surface area contributed by atoms with Crippen LogP contribution in [0, 0.1) is 0 Å². The summed E-state index contributed by atoms with van der Waals surface area (Å²) in [5, 5.41) is 5.30. The van der Waals surface area contributed by atoms with Crippen LogP contribution < -0.4 is 5.32 Å². The van der Waals surface area contributed by atoms with E-state index in [1.54, 1.807) is 29.4 Å². The van der Waals surface area contributed by atoms with Crippen molar-refractivity contribution in [2.24, 2.45) is 0 Å². The summed E-state index contributed by atoms with van der Waals surface area (Å²) in [4.78, 5) is 46.6. The number of benzene rings is 2. The number of hydrogen-bond donors (Lipinski definition) is 1. The maximum absolute atomic E-state index is 13.4. The first kappa shape index (κ1) is 20.3. The van der Waals surface area contributed by atoms with E-state index in [9.17, 15) is 14.4 Å². The van der Waals surface area contributed by atoms with Crippen LogP contribution >= 0.6 is 0 Å². The van der Waals surface area contributed by atoms with Crippen molar-refractivity contribution in [1.29, 1.82) is 0 Å². The van der Waals surface area contributed by atoms with Crippen LogP contribution in [0.5, 0.6) is 0 Å². The van der Waals surface area contributed by atoms with Crippen molar-refractivity contribution in [2.45, 2.75) is 31.5 Å². The number of nitrogens with zero attached hydrogens (tertiary/aromatic N) is 3. The van der Waals surface area contributed by atoms with E-state index in [4.69, 9.17) is 0 Å². The van der Waals surface area contributed by atoms with Crippen molar-refractivity contribution in [2.75, 3.05) is 13.1 Å². The topological polar surface area (TPSA) is 82.6 Å². The molecule has 2 atom stereocenters. The molecule has 0 aliphatic carbocycles. The van der Waals surface area contributed by atoms with Gasteiger partial charge in [-0.1, -0.05) is 42.5 Å². The quantitative estimate of drug-likeness (QED) is 0.632. The van der Waals surface area contributed by atoms with Gasteiger partial charge in [-0.15, -0.1) is 0 Å². The minimum Gasteiger partial charge on any atom is -0.311 e. The number of pyridine rings is 1. The molecule has 2 aromatic carbocycles. The summed E-state index contributed by atoms with van der Waals surface area (Å²) in [5.41, 5.74) is 1.33. The average molecular weight is 428 g/mol. The number of ketones is 1. The van der Waals surface area contributed by atoms with Crippen LogP contribution in [0.4, 0.5) is 4.79 Å². The predicted molar refractivity (Wildman–Crippen MR) is 120 cm³/mol. The van der Waals surface area contributed by atoms with Crippen LogP contribution in [0.1, 0.15) is 28.8 Å². The summed E-state index contributed by atoms with van der Waals surface area (Å²) in [5.74, 6) is -0.373. The van der Waals surface area contributed by atoms with Crippen LogP contribution in [0.3, 0.4) is 0 Å². The maximum Gasteiger partial charge on any atom is 0.327 e. The van der Waals surface area contributed by atoms with E-state index in [0.29, 0.717) is 18.5 Å². The summed E-state index contributed by atoms with van der Waals surface area (Å²) >= 11 is 0. The van der Waals surface area contributed by atoms with Gasteiger partial charge in [0.25, 0.3) is 0 Å². The third-order valence-electron chi connectivity index (χ3n) is 6.28. The number of urea groups is 1. The zero-order valence-corrected chi connectivity index (χ0v) is 17.6. The molecule has 3 heterocycles. The van der Waals surface area contributed by atoms with Gasteiger partial charge in [0.15, 0.2) is 5.78 Å². The van der Waals surface area contributed by atoms with Gasteiger partial charge in [0.05, 0.1) is 19.1 Å². The summed E-state index contributed by atoms with van der Waals surface area (Å²) in [7, 11) is 0. The molecule has 0 saturated carbocycles. The number of aromatic nitrogens is 1. The lowest BCUT2D eigenvalue weighted by Crippen LogP contribution is -2.69. The van der Waals surface area contributed by atoms with Gasteiger partial charge >= 0.3 is 6.03 Å². The van der Waals surface area contributed by atoms with Crippen LogP contribution in [0.15, 0.2) is 67.0 Å². The zero-order chi connectivity index (χ0) is 22.1. The first-order valence-electron chi connectivity index (χ1n) is 10.9. The second-order valence-electron chi connectivity index (χ2n) is 8.32. The van der Waals surface area contributed by atoms with Crippen LogP contribution in [0.25, 0.3) is 10.8 Å². The van der Waals surface area contributed by atoms with Gasteiger partial charge in [-0.25, -0.2) is 4.79 Å². The Balaban J connectivity index is 1.42. The molecule has 0 radical (unpaired) electrons. The molecule has 7 heteroatoms. The van der Waals surface area contributed by atoms with Crippen LogP contribution in [-0.4, -0.2) is 57.7 Å². The van der Waals surface area contributed by atoms with Crippen molar-refractivity contribution in [3.05, 3.63) is 78.1 Å². The van der Waals surface area contributed by atoms with Crippen molar-refractivity contribution in [3.63, 3.8) is 0 Å². The molecular weight excluding hydrogens is 404 g/mol. The molecule has 5 rings (SSSR count). The molecule has 162 valence electrons. The summed E-state index contributed by atoms with van der Waals surface area (Å²) in [6.45, 7) is 0.794. The molecule has 3 amide bonds. The molecule has 1 N–H and O–H groups in total. The smallest absolute Gasteiger partial charge is 0.311 e. The SMILES string of the molecule is O=C(CN1C(=O)N(Cc2cccnc2)C(=O)C2NCCCC21)c1ccc2ccccc2c1. The molecule has 2 unspecified atom stereocenters. The van der Waals surface area contributed by atoms with E-state index in [1.165, 1.54) is 4.90 Å².